The Balaban J connectivity index is 0.00000272. The first-order valence-electron chi connectivity index (χ1n) is 9.40. The summed E-state index contributed by atoms with van der Waals surface area (Å²) in [5, 5.41) is 14.1. The molecule has 0 radical (unpaired) electrons. The smallest absolute Gasteiger partial charge is 0.258 e. The lowest BCUT2D eigenvalue weighted by Crippen LogP contribution is -2.13. The van der Waals surface area contributed by atoms with Crippen molar-refractivity contribution in [1.82, 2.24) is 9.55 Å². The second-order valence-corrected chi connectivity index (χ2v) is 7.73. The molecule has 0 aliphatic carbocycles. The zero-order valence-corrected chi connectivity index (χ0v) is 18.9. The summed E-state index contributed by atoms with van der Waals surface area (Å²) in [5.74, 6) is 0.326. The fraction of sp³-hybridized carbons (Fsp3) is 0.130. The van der Waals surface area contributed by atoms with E-state index < -0.39 is 12.0 Å². The third-order valence-electron chi connectivity index (χ3n) is 4.95. The van der Waals surface area contributed by atoms with Gasteiger partial charge in [0, 0.05) is 0 Å². The van der Waals surface area contributed by atoms with E-state index in [1.165, 1.54) is 0 Å². The van der Waals surface area contributed by atoms with E-state index in [1.807, 2.05) is 54.0 Å². The van der Waals surface area contributed by atoms with Gasteiger partial charge >= 0.3 is 0 Å². The highest BCUT2D eigenvalue weighted by Crippen LogP contribution is 2.29. The van der Waals surface area contributed by atoms with Crippen LogP contribution >= 0.6 is 35.6 Å². The van der Waals surface area contributed by atoms with E-state index in [0.29, 0.717) is 17.7 Å². The number of imidazole rings is 1. The number of nitrogens with zero attached hydrogens (tertiary/aromatic N) is 2. The van der Waals surface area contributed by atoms with Crippen molar-refractivity contribution in [1.29, 1.82) is 0 Å². The molecule has 2 N–H and O–H groups in total. The minimum Gasteiger partial charge on any atom is -0.387 e. The van der Waals surface area contributed by atoms with Crippen molar-refractivity contribution in [2.45, 2.75) is 19.6 Å². The third kappa shape index (κ3) is 4.70. The maximum Gasteiger partial charge on any atom is 0.258 e. The molecule has 0 saturated heterocycles. The van der Waals surface area contributed by atoms with Gasteiger partial charge in [0.15, 0.2) is 0 Å². The SMILES string of the molecule is Cc1nc2c(NC(=O)c3c(Cl)cccc3Cl)cccc2n1CC(O)c1ccccc1.Cl. The molecular formula is C23H20Cl3N3O2. The number of rotatable bonds is 5. The first kappa shape index (κ1) is 23.1. The Hall–Kier alpha value is -2.57. The summed E-state index contributed by atoms with van der Waals surface area (Å²) in [5.41, 5.74) is 3.03. The van der Waals surface area contributed by atoms with Crippen LogP contribution in [0.25, 0.3) is 11.0 Å². The Bertz CT molecular complexity index is 1210. The van der Waals surface area contributed by atoms with Crippen LogP contribution in [-0.4, -0.2) is 20.6 Å². The largest absolute Gasteiger partial charge is 0.387 e. The summed E-state index contributed by atoms with van der Waals surface area (Å²) in [7, 11) is 0. The number of carbonyl (C=O) groups is 1. The third-order valence-corrected chi connectivity index (χ3v) is 5.58. The quantitative estimate of drug-likeness (QED) is 0.368. The highest BCUT2D eigenvalue weighted by atomic mass is 35.5. The Morgan fingerprint density at radius 2 is 1.68 bits per heavy atom. The average Bonchev–Trinajstić information content (AvgIpc) is 3.05. The second kappa shape index (κ2) is 9.71. The van der Waals surface area contributed by atoms with Crippen molar-refractivity contribution in [3.63, 3.8) is 0 Å². The molecule has 1 aromatic heterocycles. The standard InChI is InChI=1S/C23H19Cl2N3O2.ClH/c1-14-26-22-18(27-23(30)21-16(24)9-5-10-17(21)25)11-6-12-19(22)28(14)13-20(29)15-7-3-2-4-8-15;/h2-12,20,29H,13H2,1H3,(H,27,30);1H. The van der Waals surface area contributed by atoms with Gasteiger partial charge in [0.2, 0.25) is 0 Å². The van der Waals surface area contributed by atoms with E-state index in [9.17, 15) is 9.90 Å². The van der Waals surface area contributed by atoms with Crippen LogP contribution in [0.3, 0.4) is 0 Å². The molecule has 5 nitrogen and oxygen atoms in total. The molecule has 31 heavy (non-hydrogen) atoms. The van der Waals surface area contributed by atoms with Crippen LogP contribution in [0.1, 0.15) is 27.8 Å². The number of para-hydroxylation sites is 1. The Morgan fingerprint density at radius 1 is 1.03 bits per heavy atom. The number of aliphatic hydroxyl groups is 1. The number of aromatic nitrogens is 2. The molecule has 160 valence electrons. The normalized spacial score (nSPS) is 11.7. The van der Waals surface area contributed by atoms with Gasteiger partial charge in [-0.2, -0.15) is 0 Å². The summed E-state index contributed by atoms with van der Waals surface area (Å²) in [6.45, 7) is 2.22. The average molecular weight is 477 g/mol. The number of amides is 1. The number of aryl methyl sites for hydroxylation is 1. The van der Waals surface area contributed by atoms with Gasteiger partial charge in [0.05, 0.1) is 39.5 Å². The molecule has 3 aromatic carbocycles. The van der Waals surface area contributed by atoms with Gasteiger partial charge in [-0.3, -0.25) is 4.79 Å². The Morgan fingerprint density at radius 3 is 2.35 bits per heavy atom. The van der Waals surface area contributed by atoms with Crippen molar-refractivity contribution in [2.24, 2.45) is 0 Å². The minimum absolute atomic E-state index is 0. The Labute approximate surface area is 196 Å². The molecule has 0 spiro atoms. The number of halogens is 3. The van der Waals surface area contributed by atoms with Gasteiger partial charge < -0.3 is 15.0 Å². The van der Waals surface area contributed by atoms with Gasteiger partial charge in [-0.1, -0.05) is 65.7 Å². The number of nitrogens with one attached hydrogen (secondary N) is 1. The molecular weight excluding hydrogens is 457 g/mol. The van der Waals surface area contributed by atoms with E-state index in [2.05, 4.69) is 10.3 Å². The predicted octanol–water partition coefficient (Wildman–Crippen LogP) is 6.06. The first-order chi connectivity index (χ1) is 14.5. The van der Waals surface area contributed by atoms with E-state index in [1.54, 1.807) is 24.3 Å². The van der Waals surface area contributed by atoms with E-state index in [-0.39, 0.29) is 28.0 Å². The Kier molecular flexibility index (Phi) is 7.23. The monoisotopic (exact) mass is 475 g/mol. The number of hydrogen-bond acceptors (Lipinski definition) is 3. The number of carbonyl (C=O) groups excluding carboxylic acids is 1. The number of hydrogen-bond donors (Lipinski definition) is 2. The zero-order chi connectivity index (χ0) is 21.3. The number of aliphatic hydroxyl groups excluding tert-OH is 1. The van der Waals surface area contributed by atoms with Crippen LogP contribution in [0.5, 0.6) is 0 Å². The molecule has 1 unspecified atom stereocenters. The maximum atomic E-state index is 12.8. The number of anilines is 1. The molecule has 4 aromatic rings. The fourth-order valence-corrected chi connectivity index (χ4v) is 4.02. The lowest BCUT2D eigenvalue weighted by Gasteiger charge is -2.14. The van der Waals surface area contributed by atoms with E-state index in [0.717, 1.165) is 16.9 Å². The van der Waals surface area contributed by atoms with Crippen LogP contribution in [0.15, 0.2) is 66.7 Å². The van der Waals surface area contributed by atoms with E-state index >= 15 is 0 Å². The molecule has 0 fully saturated rings. The van der Waals surface area contributed by atoms with Gasteiger partial charge in [0.25, 0.3) is 5.91 Å². The van der Waals surface area contributed by atoms with Crippen molar-refractivity contribution in [3.8, 4) is 0 Å². The van der Waals surface area contributed by atoms with Gasteiger partial charge in [0.1, 0.15) is 11.3 Å². The lowest BCUT2D eigenvalue weighted by atomic mass is 10.1. The zero-order valence-electron chi connectivity index (χ0n) is 16.5. The van der Waals surface area contributed by atoms with Crippen LogP contribution in [-0.2, 0) is 6.54 Å². The molecule has 0 bridgehead atoms. The first-order valence-corrected chi connectivity index (χ1v) is 10.2. The second-order valence-electron chi connectivity index (χ2n) is 6.92. The van der Waals surface area contributed by atoms with Gasteiger partial charge in [-0.25, -0.2) is 4.98 Å². The summed E-state index contributed by atoms with van der Waals surface area (Å²) < 4.78 is 1.94. The molecule has 0 aliphatic rings. The molecule has 8 heteroatoms. The predicted molar refractivity (Wildman–Crippen MR) is 128 cm³/mol. The minimum atomic E-state index is -0.678. The van der Waals surface area contributed by atoms with Crippen molar-refractivity contribution in [3.05, 3.63) is 93.7 Å². The van der Waals surface area contributed by atoms with Crippen LogP contribution < -0.4 is 5.32 Å². The van der Waals surface area contributed by atoms with Gasteiger partial charge in [-0.05, 0) is 36.8 Å². The number of fused-ring (bicyclic) bond motifs is 1. The molecule has 4 rings (SSSR count). The summed E-state index contributed by atoms with van der Waals surface area (Å²) in [6, 6.07) is 19.9. The fourth-order valence-electron chi connectivity index (χ4n) is 3.45. The molecule has 1 amide bonds. The molecule has 1 atom stereocenters. The van der Waals surface area contributed by atoms with Crippen LogP contribution in [0.4, 0.5) is 5.69 Å². The lowest BCUT2D eigenvalue weighted by molar-refractivity contribution is 0.102. The summed E-state index contributed by atoms with van der Waals surface area (Å²) >= 11 is 12.3. The molecule has 0 aliphatic heterocycles. The van der Waals surface area contributed by atoms with Gasteiger partial charge in [-0.15, -0.1) is 12.4 Å². The topological polar surface area (TPSA) is 67.2 Å². The van der Waals surface area contributed by atoms with Crippen molar-refractivity contribution in [2.75, 3.05) is 5.32 Å². The highest BCUT2D eigenvalue weighted by Gasteiger charge is 2.19. The van der Waals surface area contributed by atoms with Crippen LogP contribution in [0, 0.1) is 6.92 Å². The van der Waals surface area contributed by atoms with Crippen molar-refractivity contribution < 1.29 is 9.90 Å². The van der Waals surface area contributed by atoms with Crippen LogP contribution in [0.2, 0.25) is 10.0 Å². The number of benzene rings is 3. The highest BCUT2D eigenvalue weighted by molar-refractivity contribution is 6.40. The van der Waals surface area contributed by atoms with E-state index in [4.69, 9.17) is 23.2 Å². The maximum absolute atomic E-state index is 12.8. The molecule has 1 heterocycles. The molecule has 0 saturated carbocycles. The summed E-state index contributed by atoms with van der Waals surface area (Å²) in [4.78, 5) is 17.4. The summed E-state index contributed by atoms with van der Waals surface area (Å²) in [6.07, 6.45) is -0.678. The van der Waals surface area contributed by atoms with Crippen molar-refractivity contribution >= 4 is 58.2 Å².